The maximum atomic E-state index is 5.69. The normalized spacial score (nSPS) is 23.2. The van der Waals surface area contributed by atoms with Crippen LogP contribution in [0.1, 0.15) is 39.0 Å². The van der Waals surface area contributed by atoms with Crippen LogP contribution in [0.4, 0.5) is 0 Å². The van der Waals surface area contributed by atoms with E-state index in [1.165, 1.54) is 45.2 Å². The van der Waals surface area contributed by atoms with E-state index in [0.717, 1.165) is 18.5 Å². The molecule has 0 radical (unpaired) electrons. The van der Waals surface area contributed by atoms with Crippen LogP contribution in [0.5, 0.6) is 0 Å². The predicted molar refractivity (Wildman–Crippen MR) is 68.7 cm³/mol. The summed E-state index contributed by atoms with van der Waals surface area (Å²) in [5, 5.41) is 1.15. The van der Waals surface area contributed by atoms with E-state index in [9.17, 15) is 0 Å². The molecule has 15 heavy (non-hydrogen) atoms. The molecule has 1 aliphatic heterocycles. The molecule has 1 aliphatic rings. The lowest BCUT2D eigenvalue weighted by Crippen LogP contribution is -2.40. The molecule has 0 aromatic carbocycles. The van der Waals surface area contributed by atoms with Crippen LogP contribution < -0.4 is 0 Å². The van der Waals surface area contributed by atoms with E-state index in [1.807, 2.05) is 0 Å². The Balaban J connectivity index is 2.07. The van der Waals surface area contributed by atoms with Crippen LogP contribution in [0.2, 0.25) is 0 Å². The van der Waals surface area contributed by atoms with Crippen LogP contribution in [0.15, 0.2) is 0 Å². The smallest absolute Gasteiger partial charge is 0.0702 e. The molecule has 2 nitrogen and oxygen atoms in total. The van der Waals surface area contributed by atoms with Crippen molar-refractivity contribution in [3.8, 4) is 0 Å². The van der Waals surface area contributed by atoms with Crippen molar-refractivity contribution < 1.29 is 4.74 Å². The van der Waals surface area contributed by atoms with Gasteiger partial charge in [0, 0.05) is 18.5 Å². The summed E-state index contributed by atoms with van der Waals surface area (Å²) < 4.78 is 5.69. The Morgan fingerprint density at radius 3 is 2.93 bits per heavy atom. The molecule has 0 amide bonds. The summed E-state index contributed by atoms with van der Waals surface area (Å²) in [5.41, 5.74) is 0. The molecule has 3 heteroatoms. The van der Waals surface area contributed by atoms with Crippen LogP contribution in [0, 0.1) is 0 Å². The van der Waals surface area contributed by atoms with E-state index in [0.29, 0.717) is 6.10 Å². The van der Waals surface area contributed by atoms with Gasteiger partial charge in [0.2, 0.25) is 0 Å². The van der Waals surface area contributed by atoms with Crippen LogP contribution in [0.25, 0.3) is 0 Å². The molecule has 1 atom stereocenters. The second kappa shape index (κ2) is 8.54. The summed E-state index contributed by atoms with van der Waals surface area (Å²) in [6, 6.07) is 0. The van der Waals surface area contributed by atoms with Crippen molar-refractivity contribution in [3.63, 3.8) is 0 Å². The van der Waals surface area contributed by atoms with Crippen molar-refractivity contribution in [2.45, 2.75) is 45.1 Å². The van der Waals surface area contributed by atoms with Crippen molar-refractivity contribution >= 4 is 15.9 Å². The first kappa shape index (κ1) is 13.5. The predicted octanol–water partition coefficient (Wildman–Crippen LogP) is 3.05. The molecule has 90 valence electrons. The van der Waals surface area contributed by atoms with E-state index in [4.69, 9.17) is 4.74 Å². The zero-order valence-corrected chi connectivity index (χ0v) is 11.5. The van der Waals surface area contributed by atoms with Gasteiger partial charge in [-0.15, -0.1) is 0 Å². The van der Waals surface area contributed by atoms with Crippen molar-refractivity contribution in [2.24, 2.45) is 0 Å². The highest BCUT2D eigenvalue weighted by Gasteiger charge is 2.18. The van der Waals surface area contributed by atoms with Gasteiger partial charge in [-0.2, -0.15) is 0 Å². The molecule has 0 aromatic heterocycles. The van der Waals surface area contributed by atoms with E-state index < -0.39 is 0 Å². The lowest BCUT2D eigenvalue weighted by Gasteiger charge is -2.32. The van der Waals surface area contributed by atoms with Gasteiger partial charge in [0.05, 0.1) is 6.10 Å². The van der Waals surface area contributed by atoms with Crippen LogP contribution in [-0.4, -0.2) is 42.6 Å². The molecule has 0 bridgehead atoms. The van der Waals surface area contributed by atoms with Gasteiger partial charge in [0.25, 0.3) is 0 Å². The Morgan fingerprint density at radius 1 is 1.33 bits per heavy atom. The van der Waals surface area contributed by atoms with Crippen LogP contribution >= 0.6 is 15.9 Å². The third kappa shape index (κ3) is 5.88. The summed E-state index contributed by atoms with van der Waals surface area (Å²) >= 11 is 3.47. The minimum Gasteiger partial charge on any atom is -0.377 e. The molecule has 1 heterocycles. The van der Waals surface area contributed by atoms with Gasteiger partial charge in [-0.05, 0) is 45.7 Å². The van der Waals surface area contributed by atoms with Crippen LogP contribution in [-0.2, 0) is 4.74 Å². The number of unbranched alkanes of at least 4 members (excludes halogenated alkanes) is 2. The Labute approximate surface area is 102 Å². The first-order valence-corrected chi connectivity index (χ1v) is 7.39. The van der Waals surface area contributed by atoms with Gasteiger partial charge in [0.15, 0.2) is 0 Å². The zero-order valence-electron chi connectivity index (χ0n) is 9.88. The maximum Gasteiger partial charge on any atom is 0.0702 e. The minimum absolute atomic E-state index is 0.500. The molecule has 0 spiro atoms. The van der Waals surface area contributed by atoms with Gasteiger partial charge >= 0.3 is 0 Å². The van der Waals surface area contributed by atoms with Gasteiger partial charge in [-0.3, -0.25) is 0 Å². The highest BCUT2D eigenvalue weighted by molar-refractivity contribution is 9.09. The summed E-state index contributed by atoms with van der Waals surface area (Å²) in [7, 11) is 0. The second-order valence-corrected chi connectivity index (χ2v) is 5.06. The highest BCUT2D eigenvalue weighted by atomic mass is 79.9. The summed E-state index contributed by atoms with van der Waals surface area (Å²) in [6.07, 6.45) is 7.06. The van der Waals surface area contributed by atoms with Gasteiger partial charge < -0.3 is 9.64 Å². The van der Waals surface area contributed by atoms with Crippen LogP contribution in [0.3, 0.4) is 0 Å². The lowest BCUT2D eigenvalue weighted by atomic mass is 10.1. The van der Waals surface area contributed by atoms with E-state index in [2.05, 4.69) is 27.8 Å². The van der Waals surface area contributed by atoms with E-state index in [-0.39, 0.29) is 0 Å². The summed E-state index contributed by atoms with van der Waals surface area (Å²) in [6.45, 7) is 6.65. The van der Waals surface area contributed by atoms with Gasteiger partial charge in [-0.25, -0.2) is 0 Å². The van der Waals surface area contributed by atoms with Gasteiger partial charge in [-0.1, -0.05) is 22.4 Å². The highest BCUT2D eigenvalue weighted by Crippen LogP contribution is 2.14. The first-order valence-electron chi connectivity index (χ1n) is 6.26. The fourth-order valence-electron chi connectivity index (χ4n) is 2.19. The number of ether oxygens (including phenoxy) is 1. The average Bonchev–Trinajstić information content (AvgIpc) is 2.26. The number of piperidine rings is 1. The monoisotopic (exact) mass is 277 g/mol. The van der Waals surface area contributed by atoms with E-state index >= 15 is 0 Å². The first-order chi connectivity index (χ1) is 7.36. The molecule has 1 unspecified atom stereocenters. The molecule has 0 saturated carbocycles. The third-order valence-electron chi connectivity index (χ3n) is 2.97. The topological polar surface area (TPSA) is 12.5 Å². The molecular formula is C12H24BrNO. The number of halogens is 1. The Hall–Kier alpha value is 0.400. The Kier molecular flexibility index (Phi) is 7.67. The molecule has 0 N–H and O–H groups in total. The molecular weight excluding hydrogens is 254 g/mol. The molecule has 0 aliphatic carbocycles. The van der Waals surface area contributed by atoms with Crippen molar-refractivity contribution in [2.75, 3.05) is 31.6 Å². The molecule has 1 fully saturated rings. The molecule has 1 rings (SSSR count). The van der Waals surface area contributed by atoms with Crippen molar-refractivity contribution in [1.82, 2.24) is 4.90 Å². The Morgan fingerprint density at radius 2 is 2.20 bits per heavy atom. The number of likely N-dealkylation sites (tertiary alicyclic amines) is 1. The lowest BCUT2D eigenvalue weighted by molar-refractivity contribution is 0.00562. The van der Waals surface area contributed by atoms with Gasteiger partial charge in [0.1, 0.15) is 0 Å². The largest absolute Gasteiger partial charge is 0.377 e. The zero-order chi connectivity index (χ0) is 10.9. The van der Waals surface area contributed by atoms with E-state index in [1.54, 1.807) is 0 Å². The van der Waals surface area contributed by atoms with Crippen molar-refractivity contribution in [1.29, 1.82) is 0 Å². The SMILES string of the molecule is CCOC1CCCN(CCCCCBr)C1. The summed E-state index contributed by atoms with van der Waals surface area (Å²) in [4.78, 5) is 2.57. The molecule has 0 aromatic rings. The second-order valence-electron chi connectivity index (χ2n) is 4.27. The number of hydrogen-bond acceptors (Lipinski definition) is 2. The Bertz CT molecular complexity index is 153. The summed E-state index contributed by atoms with van der Waals surface area (Å²) in [5.74, 6) is 0. The fourth-order valence-corrected chi connectivity index (χ4v) is 2.59. The van der Waals surface area contributed by atoms with Crippen molar-refractivity contribution in [3.05, 3.63) is 0 Å². The average molecular weight is 278 g/mol. The number of alkyl halides is 1. The molecule has 1 saturated heterocycles. The number of hydrogen-bond donors (Lipinski definition) is 0. The number of nitrogens with zero attached hydrogens (tertiary/aromatic N) is 1. The standard InChI is InChI=1S/C12H24BrNO/c1-2-15-12-7-6-10-14(11-12)9-5-3-4-8-13/h12H,2-11H2,1H3. The quantitative estimate of drug-likeness (QED) is 0.524. The minimum atomic E-state index is 0.500. The maximum absolute atomic E-state index is 5.69. The number of rotatable bonds is 7. The third-order valence-corrected chi connectivity index (χ3v) is 3.53. The fraction of sp³-hybridized carbons (Fsp3) is 1.00.